The summed E-state index contributed by atoms with van der Waals surface area (Å²) in [5.74, 6) is 2.14. The zero-order valence-corrected chi connectivity index (χ0v) is 13.4. The van der Waals surface area contributed by atoms with Crippen molar-refractivity contribution in [3.05, 3.63) is 48.2 Å². The van der Waals surface area contributed by atoms with Crippen LogP contribution in [0.15, 0.2) is 42.7 Å². The summed E-state index contributed by atoms with van der Waals surface area (Å²) >= 11 is 0. The molecular weight excluding hydrogens is 316 g/mol. The SMILES string of the molecule is COC(=O)C#CC(O/C=C\C(=O)OC)(C(=O)OC)c1ccccc1. The van der Waals surface area contributed by atoms with Gasteiger partial charge in [-0.05, 0) is 5.92 Å². The van der Waals surface area contributed by atoms with E-state index in [2.05, 4.69) is 21.3 Å². The minimum atomic E-state index is -1.95. The van der Waals surface area contributed by atoms with Crippen LogP contribution in [0, 0.1) is 11.8 Å². The van der Waals surface area contributed by atoms with Gasteiger partial charge in [-0.3, -0.25) is 0 Å². The smallest absolute Gasteiger partial charge is 0.384 e. The molecule has 0 amide bonds. The molecule has 0 fully saturated rings. The maximum Gasteiger partial charge on any atom is 0.384 e. The lowest BCUT2D eigenvalue weighted by molar-refractivity contribution is -0.158. The first kappa shape index (κ1) is 18.8. The lowest BCUT2D eigenvalue weighted by Gasteiger charge is -2.25. The number of carbonyl (C=O) groups is 3. The molecule has 1 aromatic carbocycles. The van der Waals surface area contributed by atoms with Crippen LogP contribution in [-0.2, 0) is 38.9 Å². The van der Waals surface area contributed by atoms with Crippen molar-refractivity contribution in [2.75, 3.05) is 21.3 Å². The maximum atomic E-state index is 12.3. The summed E-state index contributed by atoms with van der Waals surface area (Å²) in [4.78, 5) is 34.8. The van der Waals surface area contributed by atoms with Gasteiger partial charge in [-0.2, -0.15) is 0 Å². The molecule has 0 aliphatic rings. The molecule has 0 radical (unpaired) electrons. The van der Waals surface area contributed by atoms with Crippen LogP contribution in [0.3, 0.4) is 0 Å². The molecule has 0 heterocycles. The molecule has 0 aromatic heterocycles. The summed E-state index contributed by atoms with van der Waals surface area (Å²) in [7, 11) is 3.49. The molecule has 126 valence electrons. The van der Waals surface area contributed by atoms with Crippen molar-refractivity contribution in [1.29, 1.82) is 0 Å². The third-order valence-electron chi connectivity index (χ3n) is 2.83. The molecule has 0 aliphatic heterocycles. The van der Waals surface area contributed by atoms with E-state index in [9.17, 15) is 14.4 Å². The number of hydrogen-bond acceptors (Lipinski definition) is 7. The molecule has 7 heteroatoms. The Morgan fingerprint density at radius 1 is 1.00 bits per heavy atom. The molecule has 0 bridgehead atoms. The van der Waals surface area contributed by atoms with Gasteiger partial charge >= 0.3 is 17.9 Å². The van der Waals surface area contributed by atoms with Gasteiger partial charge in [0.05, 0.1) is 33.7 Å². The van der Waals surface area contributed by atoms with E-state index < -0.39 is 23.5 Å². The van der Waals surface area contributed by atoms with Crippen LogP contribution >= 0.6 is 0 Å². The normalized spacial score (nSPS) is 12.3. The number of esters is 3. The van der Waals surface area contributed by atoms with E-state index in [0.29, 0.717) is 5.56 Å². The molecule has 1 unspecified atom stereocenters. The van der Waals surface area contributed by atoms with Gasteiger partial charge in [-0.15, -0.1) is 0 Å². The summed E-state index contributed by atoms with van der Waals surface area (Å²) in [6, 6.07) is 8.16. The highest BCUT2D eigenvalue weighted by Gasteiger charge is 2.42. The molecule has 0 saturated heterocycles. The number of ether oxygens (including phenoxy) is 4. The lowest BCUT2D eigenvalue weighted by atomic mass is 9.94. The third kappa shape index (κ3) is 4.61. The first-order chi connectivity index (χ1) is 11.5. The molecule has 1 atom stereocenters. The molecule has 0 saturated carbocycles. The Balaban J connectivity index is 3.40. The minimum absolute atomic E-state index is 0.308. The van der Waals surface area contributed by atoms with Gasteiger partial charge in [0, 0.05) is 11.5 Å². The van der Waals surface area contributed by atoms with Gasteiger partial charge in [0.2, 0.25) is 0 Å². The number of benzene rings is 1. The fraction of sp³-hybridized carbons (Fsp3) is 0.235. The topological polar surface area (TPSA) is 88.1 Å². The van der Waals surface area contributed by atoms with Crippen LogP contribution in [0.4, 0.5) is 0 Å². The van der Waals surface area contributed by atoms with Crippen molar-refractivity contribution in [2.24, 2.45) is 0 Å². The predicted molar refractivity (Wildman–Crippen MR) is 82.2 cm³/mol. The van der Waals surface area contributed by atoms with Gasteiger partial charge in [-0.25, -0.2) is 14.4 Å². The molecule has 24 heavy (non-hydrogen) atoms. The summed E-state index contributed by atoms with van der Waals surface area (Å²) in [5.41, 5.74) is -1.64. The summed E-state index contributed by atoms with van der Waals surface area (Å²) < 4.78 is 19.0. The Kier molecular flexibility index (Phi) is 7.04. The van der Waals surface area contributed by atoms with Crippen LogP contribution < -0.4 is 0 Å². The maximum absolute atomic E-state index is 12.3. The van der Waals surface area contributed by atoms with E-state index in [0.717, 1.165) is 26.6 Å². The Hall–Kier alpha value is -3.27. The number of carbonyl (C=O) groups excluding carboxylic acids is 3. The third-order valence-corrected chi connectivity index (χ3v) is 2.83. The Morgan fingerprint density at radius 3 is 2.21 bits per heavy atom. The first-order valence-corrected chi connectivity index (χ1v) is 6.67. The monoisotopic (exact) mass is 332 g/mol. The van der Waals surface area contributed by atoms with E-state index in [1.54, 1.807) is 30.3 Å². The minimum Gasteiger partial charge on any atom is -0.466 e. The lowest BCUT2D eigenvalue weighted by Crippen LogP contribution is -2.37. The quantitative estimate of drug-likeness (QED) is 0.198. The molecule has 0 spiro atoms. The highest BCUT2D eigenvalue weighted by Crippen LogP contribution is 2.27. The second-order valence-electron chi connectivity index (χ2n) is 4.22. The van der Waals surface area contributed by atoms with Crippen LogP contribution in [0.25, 0.3) is 0 Å². The molecule has 1 aromatic rings. The number of methoxy groups -OCH3 is 3. The summed E-state index contributed by atoms with van der Waals surface area (Å²) in [6.07, 6.45) is 1.90. The van der Waals surface area contributed by atoms with E-state index in [1.165, 1.54) is 7.11 Å². The Bertz CT molecular complexity index is 682. The molecule has 0 N–H and O–H groups in total. The standard InChI is InChI=1S/C17H16O7/c1-21-14(18)9-11-17(16(20)23-3,13-7-5-4-6-8-13)24-12-10-15(19)22-2/h4-8,10,12H,1-3H3/b12-10-. The van der Waals surface area contributed by atoms with E-state index in [-0.39, 0.29) is 0 Å². The van der Waals surface area contributed by atoms with Gasteiger partial charge in [0.1, 0.15) is 0 Å². The highest BCUT2D eigenvalue weighted by atomic mass is 16.6. The van der Waals surface area contributed by atoms with Crippen molar-refractivity contribution >= 4 is 17.9 Å². The predicted octanol–water partition coefficient (Wildman–Crippen LogP) is 0.935. The van der Waals surface area contributed by atoms with Gasteiger partial charge in [0.25, 0.3) is 5.60 Å². The first-order valence-electron chi connectivity index (χ1n) is 6.67. The van der Waals surface area contributed by atoms with Gasteiger partial charge < -0.3 is 18.9 Å². The zero-order valence-electron chi connectivity index (χ0n) is 13.4. The highest BCUT2D eigenvalue weighted by molar-refractivity contribution is 5.92. The van der Waals surface area contributed by atoms with Gasteiger partial charge in [-0.1, -0.05) is 30.3 Å². The largest absolute Gasteiger partial charge is 0.466 e. The molecule has 1 rings (SSSR count). The van der Waals surface area contributed by atoms with Crippen molar-refractivity contribution in [3.63, 3.8) is 0 Å². The fourth-order valence-electron chi connectivity index (χ4n) is 1.65. The Labute approximate surface area is 139 Å². The average Bonchev–Trinajstić information content (AvgIpc) is 2.63. The fourth-order valence-corrected chi connectivity index (χ4v) is 1.65. The Morgan fingerprint density at radius 2 is 1.67 bits per heavy atom. The molecular formula is C17H16O7. The van der Waals surface area contributed by atoms with Crippen LogP contribution in [0.1, 0.15) is 5.56 Å². The van der Waals surface area contributed by atoms with Crippen LogP contribution in [-0.4, -0.2) is 39.2 Å². The molecule has 0 aliphatic carbocycles. The number of hydrogen-bond donors (Lipinski definition) is 0. The second-order valence-corrected chi connectivity index (χ2v) is 4.22. The zero-order chi connectivity index (χ0) is 18.0. The average molecular weight is 332 g/mol. The summed E-state index contributed by atoms with van der Waals surface area (Å²) in [6.45, 7) is 0. The van der Waals surface area contributed by atoms with Crippen molar-refractivity contribution < 1.29 is 33.3 Å². The van der Waals surface area contributed by atoms with Gasteiger partial charge in [0.15, 0.2) is 0 Å². The number of rotatable bonds is 5. The van der Waals surface area contributed by atoms with E-state index in [4.69, 9.17) is 9.47 Å². The van der Waals surface area contributed by atoms with Crippen molar-refractivity contribution in [2.45, 2.75) is 5.60 Å². The van der Waals surface area contributed by atoms with Crippen molar-refractivity contribution in [1.82, 2.24) is 0 Å². The van der Waals surface area contributed by atoms with Crippen LogP contribution in [0.5, 0.6) is 0 Å². The van der Waals surface area contributed by atoms with Crippen LogP contribution in [0.2, 0.25) is 0 Å². The second kappa shape index (κ2) is 9.00. The summed E-state index contributed by atoms with van der Waals surface area (Å²) in [5, 5.41) is 0. The van der Waals surface area contributed by atoms with E-state index in [1.807, 2.05) is 0 Å². The van der Waals surface area contributed by atoms with E-state index >= 15 is 0 Å². The van der Waals surface area contributed by atoms with Crippen molar-refractivity contribution in [3.8, 4) is 11.8 Å². The molecule has 7 nitrogen and oxygen atoms in total.